The number of aliphatic hydroxyl groups excluding tert-OH is 1. The smallest absolute Gasteiger partial charge is 0.295 e. The molecule has 1 amide bonds. The number of likely N-dealkylation sites (tertiary alicyclic amines) is 1. The van der Waals surface area contributed by atoms with Crippen molar-refractivity contribution in [1.29, 1.82) is 0 Å². The first-order chi connectivity index (χ1) is 16.3. The average molecular weight is 465 g/mol. The van der Waals surface area contributed by atoms with Crippen LogP contribution in [0, 0.1) is 6.92 Å². The summed E-state index contributed by atoms with van der Waals surface area (Å²) in [5.74, 6) is -0.162. The summed E-state index contributed by atoms with van der Waals surface area (Å²) in [5, 5.41) is 11.2. The van der Waals surface area contributed by atoms with Gasteiger partial charge in [0.2, 0.25) is 0 Å². The van der Waals surface area contributed by atoms with E-state index in [0.717, 1.165) is 5.56 Å². The lowest BCUT2D eigenvalue weighted by Crippen LogP contribution is -2.35. The highest BCUT2D eigenvalue weighted by atomic mass is 16.5. The van der Waals surface area contributed by atoms with Crippen molar-refractivity contribution in [2.45, 2.75) is 19.9 Å². The van der Waals surface area contributed by atoms with Crippen molar-refractivity contribution < 1.29 is 24.2 Å². The van der Waals surface area contributed by atoms with E-state index in [0.29, 0.717) is 48.9 Å². The third kappa shape index (κ3) is 5.31. The van der Waals surface area contributed by atoms with E-state index < -0.39 is 17.7 Å². The van der Waals surface area contributed by atoms with Gasteiger partial charge in [0.05, 0.1) is 18.2 Å². The van der Waals surface area contributed by atoms with Gasteiger partial charge in [-0.05, 0) is 69.4 Å². The van der Waals surface area contributed by atoms with Gasteiger partial charge in [0.15, 0.2) is 0 Å². The van der Waals surface area contributed by atoms with Gasteiger partial charge in [-0.2, -0.15) is 0 Å². The van der Waals surface area contributed by atoms with Gasteiger partial charge >= 0.3 is 0 Å². The minimum absolute atomic E-state index is 0.0760. The Morgan fingerprint density at radius 3 is 2.44 bits per heavy atom. The first kappa shape index (κ1) is 25.1. The Morgan fingerprint density at radius 2 is 1.85 bits per heavy atom. The molecule has 7 heteroatoms. The molecule has 1 N–H and O–H groups in total. The van der Waals surface area contributed by atoms with Crippen LogP contribution in [-0.4, -0.2) is 67.0 Å². The summed E-state index contributed by atoms with van der Waals surface area (Å²) in [6, 6.07) is 11.7. The number of ether oxygens (including phenoxy) is 2. The molecule has 0 bridgehead atoms. The molecule has 0 aromatic heterocycles. The van der Waals surface area contributed by atoms with Crippen molar-refractivity contribution in [3.8, 4) is 11.5 Å². The van der Waals surface area contributed by atoms with Gasteiger partial charge in [0, 0.05) is 18.7 Å². The van der Waals surface area contributed by atoms with E-state index in [2.05, 4.69) is 6.58 Å². The number of rotatable bonds is 10. The quantitative estimate of drug-likeness (QED) is 0.248. The van der Waals surface area contributed by atoms with Gasteiger partial charge in [-0.15, -0.1) is 0 Å². The first-order valence-electron chi connectivity index (χ1n) is 11.3. The van der Waals surface area contributed by atoms with Gasteiger partial charge < -0.3 is 24.4 Å². The molecule has 7 nitrogen and oxygen atoms in total. The maximum Gasteiger partial charge on any atom is 0.295 e. The SMILES string of the molecule is C=CCOc1ccc(C2/C(=C(/O)c3ccc(OCC)c(C)c3)C(=O)C(=O)N2CCN(C)C)cc1. The van der Waals surface area contributed by atoms with Crippen LogP contribution in [0.1, 0.15) is 29.7 Å². The van der Waals surface area contributed by atoms with Gasteiger partial charge in [0.25, 0.3) is 11.7 Å². The fourth-order valence-corrected chi connectivity index (χ4v) is 3.94. The monoisotopic (exact) mass is 464 g/mol. The second-order valence-electron chi connectivity index (χ2n) is 8.38. The van der Waals surface area contributed by atoms with Crippen LogP contribution >= 0.6 is 0 Å². The minimum Gasteiger partial charge on any atom is -0.507 e. The van der Waals surface area contributed by atoms with Crippen LogP contribution in [0.3, 0.4) is 0 Å². The lowest BCUT2D eigenvalue weighted by Gasteiger charge is -2.26. The molecular formula is C27H32N2O5. The third-order valence-corrected chi connectivity index (χ3v) is 5.64. The molecule has 0 aliphatic carbocycles. The zero-order chi connectivity index (χ0) is 24.8. The third-order valence-electron chi connectivity index (χ3n) is 5.64. The van der Waals surface area contributed by atoms with Crippen molar-refractivity contribution >= 4 is 17.4 Å². The highest BCUT2D eigenvalue weighted by molar-refractivity contribution is 6.46. The predicted octanol–water partition coefficient (Wildman–Crippen LogP) is 3.94. The van der Waals surface area contributed by atoms with E-state index in [-0.39, 0.29) is 11.3 Å². The molecular weight excluding hydrogens is 432 g/mol. The summed E-state index contributed by atoms with van der Waals surface area (Å²) in [6.45, 7) is 9.23. The molecule has 34 heavy (non-hydrogen) atoms. The number of carbonyl (C=O) groups is 2. The molecule has 0 radical (unpaired) electrons. The zero-order valence-electron chi connectivity index (χ0n) is 20.2. The summed E-state index contributed by atoms with van der Waals surface area (Å²) in [4.78, 5) is 29.6. The lowest BCUT2D eigenvalue weighted by molar-refractivity contribution is -0.140. The van der Waals surface area contributed by atoms with Crippen LogP contribution in [0.25, 0.3) is 5.76 Å². The second-order valence-corrected chi connectivity index (χ2v) is 8.38. The lowest BCUT2D eigenvalue weighted by atomic mass is 9.94. The molecule has 1 unspecified atom stereocenters. The number of Topliss-reactive ketones (excluding diaryl/α,β-unsaturated/α-hetero) is 1. The molecule has 1 saturated heterocycles. The molecule has 1 heterocycles. The van der Waals surface area contributed by atoms with Crippen LogP contribution in [0.4, 0.5) is 0 Å². The number of aliphatic hydroxyl groups is 1. The highest BCUT2D eigenvalue weighted by Crippen LogP contribution is 2.40. The first-order valence-corrected chi connectivity index (χ1v) is 11.3. The van der Waals surface area contributed by atoms with Gasteiger partial charge in [-0.3, -0.25) is 9.59 Å². The standard InChI is InChI=1S/C27H32N2O5/c1-6-16-34-21-11-8-19(9-12-21)24-23(26(31)27(32)29(24)15-14-28(4)5)25(30)20-10-13-22(33-7-2)18(3)17-20/h6,8-13,17,24,30H,1,7,14-16H2,2-5H3/b25-23-. The molecule has 180 valence electrons. The topological polar surface area (TPSA) is 79.3 Å². The minimum atomic E-state index is -0.708. The van der Waals surface area contributed by atoms with E-state index in [1.807, 2.05) is 45.0 Å². The largest absolute Gasteiger partial charge is 0.507 e. The number of hydrogen-bond donors (Lipinski definition) is 1. The molecule has 0 saturated carbocycles. The summed E-state index contributed by atoms with van der Waals surface area (Å²) >= 11 is 0. The Kier molecular flexibility index (Phi) is 8.12. The van der Waals surface area contributed by atoms with E-state index in [1.165, 1.54) is 4.90 Å². The maximum atomic E-state index is 13.1. The van der Waals surface area contributed by atoms with Crippen molar-refractivity contribution in [3.63, 3.8) is 0 Å². The van der Waals surface area contributed by atoms with Crippen LogP contribution in [0.15, 0.2) is 60.7 Å². The Bertz CT molecular complexity index is 1090. The van der Waals surface area contributed by atoms with Gasteiger partial charge in [-0.25, -0.2) is 0 Å². The highest BCUT2D eigenvalue weighted by Gasteiger charge is 2.45. The molecule has 3 rings (SSSR count). The Morgan fingerprint density at radius 1 is 1.15 bits per heavy atom. The van der Waals surface area contributed by atoms with Crippen molar-refractivity contribution in [3.05, 3.63) is 77.4 Å². The second kappa shape index (κ2) is 11.0. The fourth-order valence-electron chi connectivity index (χ4n) is 3.94. The number of amides is 1. The molecule has 1 aliphatic rings. The van der Waals surface area contributed by atoms with Crippen LogP contribution in [-0.2, 0) is 9.59 Å². The molecule has 1 aliphatic heterocycles. The van der Waals surface area contributed by atoms with Gasteiger partial charge in [0.1, 0.15) is 23.9 Å². The number of likely N-dealkylation sites (N-methyl/N-ethyl adjacent to an activating group) is 1. The average Bonchev–Trinajstić information content (AvgIpc) is 3.07. The molecule has 2 aromatic carbocycles. The Balaban J connectivity index is 2.08. The normalized spacial score (nSPS) is 17.3. The summed E-state index contributed by atoms with van der Waals surface area (Å²) in [7, 11) is 3.81. The number of aryl methyl sites for hydroxylation is 1. The van der Waals surface area contributed by atoms with Crippen molar-refractivity contribution in [2.75, 3.05) is 40.4 Å². The summed E-state index contributed by atoms with van der Waals surface area (Å²) in [6.07, 6.45) is 1.66. The molecule has 1 atom stereocenters. The van der Waals surface area contributed by atoms with E-state index in [9.17, 15) is 14.7 Å². The Hall–Kier alpha value is -3.58. The number of ketones is 1. The maximum absolute atomic E-state index is 13.1. The van der Waals surface area contributed by atoms with E-state index in [4.69, 9.17) is 9.47 Å². The van der Waals surface area contributed by atoms with Crippen molar-refractivity contribution in [2.24, 2.45) is 0 Å². The fraction of sp³-hybridized carbons (Fsp3) is 0.333. The van der Waals surface area contributed by atoms with Crippen molar-refractivity contribution in [1.82, 2.24) is 9.80 Å². The number of nitrogens with zero attached hydrogens (tertiary/aromatic N) is 2. The number of hydrogen-bond acceptors (Lipinski definition) is 6. The predicted molar refractivity (Wildman–Crippen MR) is 132 cm³/mol. The molecule has 1 fully saturated rings. The van der Waals surface area contributed by atoms with Crippen LogP contribution < -0.4 is 9.47 Å². The van der Waals surface area contributed by atoms with Crippen LogP contribution in [0.5, 0.6) is 11.5 Å². The zero-order valence-corrected chi connectivity index (χ0v) is 20.2. The number of benzene rings is 2. The molecule has 0 spiro atoms. The van der Waals surface area contributed by atoms with E-state index >= 15 is 0 Å². The van der Waals surface area contributed by atoms with Crippen LogP contribution in [0.2, 0.25) is 0 Å². The van der Waals surface area contributed by atoms with E-state index in [1.54, 1.807) is 36.4 Å². The summed E-state index contributed by atoms with van der Waals surface area (Å²) in [5.41, 5.74) is 2.08. The Labute approximate surface area is 200 Å². The number of carbonyl (C=O) groups excluding carboxylic acids is 2. The summed E-state index contributed by atoms with van der Waals surface area (Å²) < 4.78 is 11.1. The molecule has 2 aromatic rings. The van der Waals surface area contributed by atoms with Gasteiger partial charge in [-0.1, -0.05) is 24.8 Å².